The van der Waals surface area contributed by atoms with Crippen LogP contribution >= 0.6 is 0 Å². The van der Waals surface area contributed by atoms with E-state index in [4.69, 9.17) is 0 Å². The van der Waals surface area contributed by atoms with Crippen LogP contribution in [0.4, 0.5) is 0 Å². The van der Waals surface area contributed by atoms with E-state index in [0.717, 1.165) is 25.6 Å². The molecule has 0 aromatic carbocycles. The van der Waals surface area contributed by atoms with Crippen molar-refractivity contribution < 1.29 is 0 Å². The number of unbranched alkanes of at least 4 members (excludes halogenated alkanes) is 1. The molecule has 3 nitrogen and oxygen atoms in total. The first-order valence-electron chi connectivity index (χ1n) is 7.44. The zero-order chi connectivity index (χ0) is 13.4. The maximum atomic E-state index is 4.54. The normalized spacial score (nSPS) is 12.9. The van der Waals surface area contributed by atoms with Crippen LogP contribution in [0.5, 0.6) is 0 Å². The van der Waals surface area contributed by atoms with Gasteiger partial charge < -0.3 is 5.32 Å². The summed E-state index contributed by atoms with van der Waals surface area (Å²) in [6.45, 7) is 11.9. The van der Waals surface area contributed by atoms with Gasteiger partial charge in [0.1, 0.15) is 0 Å². The van der Waals surface area contributed by atoms with Gasteiger partial charge in [0.15, 0.2) is 0 Å². The summed E-state index contributed by atoms with van der Waals surface area (Å²) < 4.78 is 2.19. The van der Waals surface area contributed by atoms with E-state index in [9.17, 15) is 0 Å². The average Bonchev–Trinajstić information content (AvgIpc) is 2.73. The third-order valence-electron chi connectivity index (χ3n) is 3.74. The third-order valence-corrected chi connectivity index (χ3v) is 3.74. The summed E-state index contributed by atoms with van der Waals surface area (Å²) in [5, 5.41) is 7.91. The minimum atomic E-state index is 0.774. The van der Waals surface area contributed by atoms with Crippen LogP contribution < -0.4 is 5.32 Å². The Hall–Kier alpha value is -0.830. The number of aromatic nitrogens is 2. The van der Waals surface area contributed by atoms with Crippen molar-refractivity contribution >= 4 is 0 Å². The topological polar surface area (TPSA) is 29.9 Å². The van der Waals surface area contributed by atoms with Crippen LogP contribution in [0.25, 0.3) is 0 Å². The van der Waals surface area contributed by atoms with Crippen LogP contribution in [0.15, 0.2) is 6.20 Å². The van der Waals surface area contributed by atoms with Gasteiger partial charge in [-0.3, -0.25) is 4.68 Å². The molecule has 0 aliphatic carbocycles. The lowest BCUT2D eigenvalue weighted by Gasteiger charge is -2.15. The summed E-state index contributed by atoms with van der Waals surface area (Å²) in [5.74, 6) is 0.774. The highest BCUT2D eigenvalue weighted by Crippen LogP contribution is 2.17. The van der Waals surface area contributed by atoms with Gasteiger partial charge in [-0.15, -0.1) is 0 Å². The van der Waals surface area contributed by atoms with E-state index in [1.807, 2.05) is 6.20 Å². The lowest BCUT2D eigenvalue weighted by atomic mass is 9.99. The molecule has 3 heteroatoms. The molecule has 0 radical (unpaired) electrons. The smallest absolute Gasteiger partial charge is 0.0537 e. The van der Waals surface area contributed by atoms with Gasteiger partial charge in [0, 0.05) is 24.3 Å². The lowest BCUT2D eigenvalue weighted by molar-refractivity contribution is 0.368. The largest absolute Gasteiger partial charge is 0.313 e. The summed E-state index contributed by atoms with van der Waals surface area (Å²) in [6, 6.07) is 0. The zero-order valence-electron chi connectivity index (χ0n) is 12.5. The maximum Gasteiger partial charge on any atom is 0.0537 e. The Morgan fingerprint density at radius 2 is 2.11 bits per heavy atom. The van der Waals surface area contributed by atoms with Crippen molar-refractivity contribution in [1.29, 1.82) is 0 Å². The molecule has 1 aromatic heterocycles. The van der Waals surface area contributed by atoms with Crippen LogP contribution in [0.2, 0.25) is 0 Å². The SMILES string of the molecule is CCCCC(CC)Cn1ncc(CNCC)c1C. The van der Waals surface area contributed by atoms with Gasteiger partial charge in [0.2, 0.25) is 0 Å². The Morgan fingerprint density at radius 1 is 1.33 bits per heavy atom. The van der Waals surface area contributed by atoms with Gasteiger partial charge in [0.25, 0.3) is 0 Å². The second-order valence-corrected chi connectivity index (χ2v) is 5.13. The minimum Gasteiger partial charge on any atom is -0.313 e. The van der Waals surface area contributed by atoms with Crippen LogP contribution in [0.3, 0.4) is 0 Å². The van der Waals surface area contributed by atoms with Gasteiger partial charge >= 0.3 is 0 Å². The highest BCUT2D eigenvalue weighted by molar-refractivity contribution is 5.15. The fourth-order valence-electron chi connectivity index (χ4n) is 2.26. The molecule has 0 amide bonds. The molecule has 1 N–H and O–H groups in total. The molecular formula is C15H29N3. The van der Waals surface area contributed by atoms with Crippen LogP contribution in [0.1, 0.15) is 57.7 Å². The quantitative estimate of drug-likeness (QED) is 0.728. The van der Waals surface area contributed by atoms with E-state index >= 15 is 0 Å². The summed E-state index contributed by atoms with van der Waals surface area (Å²) in [5.41, 5.74) is 2.66. The maximum absolute atomic E-state index is 4.54. The van der Waals surface area contributed by atoms with Crippen molar-refractivity contribution in [3.63, 3.8) is 0 Å². The third kappa shape index (κ3) is 4.45. The first-order chi connectivity index (χ1) is 8.72. The predicted molar refractivity (Wildman–Crippen MR) is 77.7 cm³/mol. The molecule has 0 aliphatic heterocycles. The molecule has 0 spiro atoms. The molecule has 0 aliphatic rings. The lowest BCUT2D eigenvalue weighted by Crippen LogP contribution is -2.15. The molecule has 1 aromatic rings. The average molecular weight is 251 g/mol. The van der Waals surface area contributed by atoms with E-state index < -0.39 is 0 Å². The molecule has 1 atom stereocenters. The second kappa shape index (κ2) is 8.30. The van der Waals surface area contributed by atoms with Crippen molar-refractivity contribution in [2.75, 3.05) is 6.54 Å². The predicted octanol–water partition coefficient (Wildman–Crippen LogP) is 3.52. The first-order valence-corrected chi connectivity index (χ1v) is 7.44. The molecule has 0 saturated heterocycles. The van der Waals surface area contributed by atoms with E-state index in [2.05, 4.69) is 42.8 Å². The minimum absolute atomic E-state index is 0.774. The Kier molecular flexibility index (Phi) is 7.02. The molecule has 0 bridgehead atoms. The summed E-state index contributed by atoms with van der Waals surface area (Å²) >= 11 is 0. The highest BCUT2D eigenvalue weighted by atomic mass is 15.3. The monoisotopic (exact) mass is 251 g/mol. The van der Waals surface area contributed by atoms with Crippen LogP contribution in [-0.4, -0.2) is 16.3 Å². The fourth-order valence-corrected chi connectivity index (χ4v) is 2.26. The van der Waals surface area contributed by atoms with E-state index in [1.54, 1.807) is 0 Å². The number of nitrogens with zero attached hydrogens (tertiary/aromatic N) is 2. The molecule has 1 heterocycles. The molecular weight excluding hydrogens is 222 g/mol. The van der Waals surface area contributed by atoms with E-state index in [-0.39, 0.29) is 0 Å². The molecule has 1 unspecified atom stereocenters. The molecule has 18 heavy (non-hydrogen) atoms. The zero-order valence-corrected chi connectivity index (χ0v) is 12.5. The number of hydrogen-bond donors (Lipinski definition) is 1. The van der Waals surface area contributed by atoms with Gasteiger partial charge in [-0.25, -0.2) is 0 Å². The van der Waals surface area contributed by atoms with Crippen molar-refractivity contribution in [2.45, 2.75) is 66.5 Å². The van der Waals surface area contributed by atoms with Gasteiger partial charge in [0.05, 0.1) is 6.20 Å². The van der Waals surface area contributed by atoms with E-state index in [1.165, 1.54) is 36.9 Å². The van der Waals surface area contributed by atoms with Crippen LogP contribution in [-0.2, 0) is 13.1 Å². The Labute approximate surface area is 112 Å². The number of hydrogen-bond acceptors (Lipinski definition) is 2. The van der Waals surface area contributed by atoms with Crippen molar-refractivity contribution in [3.05, 3.63) is 17.5 Å². The Morgan fingerprint density at radius 3 is 2.72 bits per heavy atom. The van der Waals surface area contributed by atoms with Gasteiger partial charge in [-0.05, 0) is 25.8 Å². The summed E-state index contributed by atoms with van der Waals surface area (Å²) in [6.07, 6.45) is 7.23. The second-order valence-electron chi connectivity index (χ2n) is 5.13. The van der Waals surface area contributed by atoms with Crippen molar-refractivity contribution in [1.82, 2.24) is 15.1 Å². The van der Waals surface area contributed by atoms with Crippen LogP contribution in [0, 0.1) is 12.8 Å². The van der Waals surface area contributed by atoms with Crippen molar-refractivity contribution in [3.8, 4) is 0 Å². The molecule has 104 valence electrons. The standard InChI is InChI=1S/C15H29N3/c1-5-8-9-14(6-2)12-18-13(4)15(11-17-18)10-16-7-3/h11,14,16H,5-10,12H2,1-4H3. The highest BCUT2D eigenvalue weighted by Gasteiger charge is 2.11. The van der Waals surface area contributed by atoms with Gasteiger partial charge in [-0.1, -0.05) is 40.0 Å². The summed E-state index contributed by atoms with van der Waals surface area (Å²) in [7, 11) is 0. The Balaban J connectivity index is 2.57. The number of rotatable bonds is 9. The molecule has 0 saturated carbocycles. The number of nitrogens with one attached hydrogen (secondary N) is 1. The first kappa shape index (κ1) is 15.2. The van der Waals surface area contributed by atoms with Gasteiger partial charge in [-0.2, -0.15) is 5.10 Å². The molecule has 1 rings (SSSR count). The molecule has 0 fully saturated rings. The van der Waals surface area contributed by atoms with E-state index in [0.29, 0.717) is 0 Å². The van der Waals surface area contributed by atoms with Crippen molar-refractivity contribution in [2.24, 2.45) is 5.92 Å². The Bertz CT molecular complexity index is 330. The summed E-state index contributed by atoms with van der Waals surface area (Å²) in [4.78, 5) is 0. The fraction of sp³-hybridized carbons (Fsp3) is 0.800.